The zero-order valence-corrected chi connectivity index (χ0v) is 19.5. The van der Waals surface area contributed by atoms with Crippen molar-refractivity contribution in [1.82, 2.24) is 4.98 Å². The first-order chi connectivity index (χ1) is 15.4. The van der Waals surface area contributed by atoms with E-state index in [9.17, 15) is 13.2 Å². The van der Waals surface area contributed by atoms with E-state index in [1.165, 1.54) is 21.9 Å². The number of aryl methyl sites for hydroxylation is 1. The summed E-state index contributed by atoms with van der Waals surface area (Å²) in [6.45, 7) is 1.63. The summed E-state index contributed by atoms with van der Waals surface area (Å²) in [5.74, 6) is -0.140. The third-order valence-corrected chi connectivity index (χ3v) is 8.21. The lowest BCUT2D eigenvalue weighted by molar-refractivity contribution is 0.0917. The topological polar surface area (TPSA) is 79.8 Å². The van der Waals surface area contributed by atoms with Crippen LogP contribution in [0.1, 0.15) is 35.2 Å². The third kappa shape index (κ3) is 4.12. The Hall–Kier alpha value is -2.49. The molecule has 0 unspecified atom stereocenters. The molecule has 2 aliphatic heterocycles. The van der Waals surface area contributed by atoms with Gasteiger partial charge in [-0.05, 0) is 61.6 Å². The lowest BCUT2D eigenvalue weighted by atomic mass is 10.00. The lowest BCUT2D eigenvalue weighted by Crippen LogP contribution is -2.38. The number of carbonyl (C=O) groups excluding carboxylic acids is 1. The van der Waals surface area contributed by atoms with Crippen molar-refractivity contribution in [3.8, 4) is 0 Å². The van der Waals surface area contributed by atoms with Crippen LogP contribution in [0.25, 0.3) is 10.2 Å². The summed E-state index contributed by atoms with van der Waals surface area (Å²) >= 11 is 1.50. The Bertz CT molecular complexity index is 1230. The highest BCUT2D eigenvalue weighted by atomic mass is 32.2. The summed E-state index contributed by atoms with van der Waals surface area (Å²) in [7, 11) is -3.35. The number of para-hydroxylation sites is 1. The van der Waals surface area contributed by atoms with E-state index < -0.39 is 10.0 Å². The van der Waals surface area contributed by atoms with Crippen molar-refractivity contribution in [2.24, 2.45) is 0 Å². The van der Waals surface area contributed by atoms with Crippen LogP contribution in [0.5, 0.6) is 0 Å². The molecule has 1 amide bonds. The molecule has 3 heterocycles. The van der Waals surface area contributed by atoms with Crippen molar-refractivity contribution in [2.45, 2.75) is 31.8 Å². The summed E-state index contributed by atoms with van der Waals surface area (Å²) in [6.07, 6.45) is 4.60. The monoisotopic (exact) mass is 471 g/mol. The van der Waals surface area contributed by atoms with Gasteiger partial charge in [-0.25, -0.2) is 13.4 Å². The standard InChI is InChI=1S/C23H25N3O4S2/c1-32(28,29)26-12-4-6-16-14-17(10-11-20(16)26)22(27)25(15-18-7-5-13-30-18)23-24-19-8-2-3-9-21(19)31-23/h2-3,8-11,14,18H,4-7,12-13,15H2,1H3/t18-/m1/s1. The molecule has 0 bridgehead atoms. The largest absolute Gasteiger partial charge is 0.376 e. The number of amides is 1. The summed E-state index contributed by atoms with van der Waals surface area (Å²) in [4.78, 5) is 20.1. The number of hydrogen-bond acceptors (Lipinski definition) is 6. The normalized spacial score (nSPS) is 18.7. The first-order valence-corrected chi connectivity index (χ1v) is 13.5. The zero-order chi connectivity index (χ0) is 22.3. The summed E-state index contributed by atoms with van der Waals surface area (Å²) in [6, 6.07) is 13.2. The number of thiazole rings is 1. The molecule has 0 radical (unpaired) electrons. The number of ether oxygens (including phenoxy) is 1. The number of rotatable bonds is 5. The van der Waals surface area contributed by atoms with Crippen LogP contribution >= 0.6 is 11.3 Å². The molecule has 0 N–H and O–H groups in total. The van der Waals surface area contributed by atoms with Crippen LogP contribution in [-0.2, 0) is 21.2 Å². The van der Waals surface area contributed by atoms with Crippen molar-refractivity contribution in [3.63, 3.8) is 0 Å². The fraction of sp³-hybridized carbons (Fsp3) is 0.391. The van der Waals surface area contributed by atoms with Gasteiger partial charge < -0.3 is 4.74 Å². The second kappa shape index (κ2) is 8.46. The zero-order valence-electron chi connectivity index (χ0n) is 17.9. The lowest BCUT2D eigenvalue weighted by Gasteiger charge is -2.30. The van der Waals surface area contributed by atoms with Crippen LogP contribution in [-0.4, -0.2) is 51.4 Å². The quantitative estimate of drug-likeness (QED) is 0.565. The van der Waals surface area contributed by atoms with Gasteiger partial charge in [0.05, 0.1) is 34.8 Å². The Morgan fingerprint density at radius 1 is 1.25 bits per heavy atom. The summed E-state index contributed by atoms with van der Waals surface area (Å²) in [5.41, 5.74) is 2.96. The highest BCUT2D eigenvalue weighted by molar-refractivity contribution is 7.92. The number of benzene rings is 2. The second-order valence-corrected chi connectivity index (χ2v) is 11.2. The van der Waals surface area contributed by atoms with Gasteiger partial charge in [-0.15, -0.1) is 0 Å². The first-order valence-electron chi connectivity index (χ1n) is 10.8. The van der Waals surface area contributed by atoms with Gasteiger partial charge in [0.15, 0.2) is 5.13 Å². The highest BCUT2D eigenvalue weighted by Gasteiger charge is 2.29. The van der Waals surface area contributed by atoms with Crippen LogP contribution in [0.2, 0.25) is 0 Å². The molecule has 2 aliphatic rings. The van der Waals surface area contributed by atoms with E-state index in [-0.39, 0.29) is 12.0 Å². The molecule has 1 fully saturated rings. The van der Waals surface area contributed by atoms with Crippen molar-refractivity contribution in [2.75, 3.05) is 35.2 Å². The number of hydrogen-bond donors (Lipinski definition) is 0. The molecule has 3 aromatic rings. The summed E-state index contributed by atoms with van der Waals surface area (Å²) < 4.78 is 32.6. The third-order valence-electron chi connectivity index (χ3n) is 5.97. The molecule has 5 rings (SSSR count). The molecule has 32 heavy (non-hydrogen) atoms. The maximum atomic E-state index is 13.7. The van der Waals surface area contributed by atoms with Crippen LogP contribution in [0.3, 0.4) is 0 Å². The number of nitrogens with zero attached hydrogens (tertiary/aromatic N) is 3. The molecule has 1 saturated heterocycles. The molecule has 0 saturated carbocycles. The molecule has 1 atom stereocenters. The van der Waals surface area contributed by atoms with Crippen LogP contribution < -0.4 is 9.21 Å². The second-order valence-electron chi connectivity index (χ2n) is 8.30. The van der Waals surface area contributed by atoms with E-state index in [1.807, 2.05) is 30.3 Å². The number of anilines is 2. The van der Waals surface area contributed by atoms with Crippen molar-refractivity contribution >= 4 is 48.3 Å². The predicted octanol–water partition coefficient (Wildman–Crippen LogP) is 3.83. The minimum atomic E-state index is -3.35. The van der Waals surface area contributed by atoms with Crippen LogP contribution in [0, 0.1) is 0 Å². The van der Waals surface area contributed by atoms with E-state index >= 15 is 0 Å². The average Bonchev–Trinajstić information content (AvgIpc) is 3.45. The van der Waals surface area contributed by atoms with Gasteiger partial charge in [0.2, 0.25) is 10.0 Å². The van der Waals surface area contributed by atoms with Gasteiger partial charge in [0.25, 0.3) is 5.91 Å². The Morgan fingerprint density at radius 3 is 2.84 bits per heavy atom. The number of fused-ring (bicyclic) bond motifs is 2. The van der Waals surface area contributed by atoms with Gasteiger partial charge in [-0.2, -0.15) is 0 Å². The molecule has 168 valence electrons. The van der Waals surface area contributed by atoms with Gasteiger partial charge >= 0.3 is 0 Å². The Morgan fingerprint density at radius 2 is 2.09 bits per heavy atom. The molecule has 2 aromatic carbocycles. The molecule has 0 aliphatic carbocycles. The van der Waals surface area contributed by atoms with E-state index in [1.54, 1.807) is 17.0 Å². The van der Waals surface area contributed by atoms with E-state index in [4.69, 9.17) is 9.72 Å². The Labute approximate surface area is 191 Å². The molecular weight excluding hydrogens is 446 g/mol. The van der Waals surface area contributed by atoms with E-state index in [0.717, 1.165) is 41.5 Å². The van der Waals surface area contributed by atoms with Crippen molar-refractivity contribution < 1.29 is 17.9 Å². The molecule has 0 spiro atoms. The highest BCUT2D eigenvalue weighted by Crippen LogP contribution is 2.33. The summed E-state index contributed by atoms with van der Waals surface area (Å²) in [5, 5.41) is 0.655. The number of sulfonamides is 1. The molecule has 9 heteroatoms. The van der Waals surface area contributed by atoms with Gasteiger partial charge in [-0.1, -0.05) is 23.5 Å². The van der Waals surface area contributed by atoms with Crippen molar-refractivity contribution in [3.05, 3.63) is 53.6 Å². The SMILES string of the molecule is CS(=O)(=O)N1CCCc2cc(C(=O)N(C[C@H]3CCCO3)c3nc4ccccc4s3)ccc21. The molecule has 7 nitrogen and oxygen atoms in total. The van der Waals surface area contributed by atoms with Crippen molar-refractivity contribution in [1.29, 1.82) is 0 Å². The minimum Gasteiger partial charge on any atom is -0.376 e. The maximum Gasteiger partial charge on any atom is 0.260 e. The minimum absolute atomic E-state index is 0.00989. The molecular formula is C23H25N3O4S2. The smallest absolute Gasteiger partial charge is 0.260 e. The fourth-order valence-electron chi connectivity index (χ4n) is 4.41. The van der Waals surface area contributed by atoms with Gasteiger partial charge in [0.1, 0.15) is 0 Å². The van der Waals surface area contributed by atoms with E-state index in [2.05, 4.69) is 0 Å². The van der Waals surface area contributed by atoms with E-state index in [0.29, 0.717) is 36.1 Å². The molecule has 1 aromatic heterocycles. The fourth-order valence-corrected chi connectivity index (χ4v) is 6.38. The van der Waals surface area contributed by atoms with Crippen LogP contribution in [0.4, 0.5) is 10.8 Å². The Balaban J connectivity index is 1.51. The van der Waals surface area contributed by atoms with Gasteiger partial charge in [-0.3, -0.25) is 14.0 Å². The van der Waals surface area contributed by atoms with Gasteiger partial charge in [0, 0.05) is 18.7 Å². The van der Waals surface area contributed by atoms with Crippen LogP contribution in [0.15, 0.2) is 42.5 Å². The number of carbonyl (C=O) groups is 1. The average molecular weight is 472 g/mol. The number of aromatic nitrogens is 1. The maximum absolute atomic E-state index is 13.7. The Kier molecular flexibility index (Phi) is 5.65. The first kappa shape index (κ1) is 21.4. The predicted molar refractivity (Wildman–Crippen MR) is 127 cm³/mol.